The van der Waals surface area contributed by atoms with E-state index in [4.69, 9.17) is 33.0 Å². The second kappa shape index (κ2) is 21.0. The standard InChI is InChI=1S/C51H56N7O7P/c1-34(2)58(35(3)4)66(63-28-12-27-52)65-44-30-46(57-33-54-47-48(57)55-50(56-49(47)59)53-31-36-17-18-37-13-10-11-14-38(37)29-36)64-45(44)32-62-51(39-15-8-7-9-16-39,40-19-23-42(60-5)24-20-40)41-21-25-43(61-6)26-22-41/h7-11,13-26,29,33-35,44-46H,12,28,30-32H2,1-6H3,(H2,53,55,56,59)/t44-,45+,46+,66?/m0/s1. The van der Waals surface area contributed by atoms with Crippen molar-refractivity contribution in [1.29, 1.82) is 5.26 Å². The molecule has 2 aromatic heterocycles. The Hall–Kier alpha value is -6.17. The van der Waals surface area contributed by atoms with Crippen molar-refractivity contribution in [1.82, 2.24) is 24.2 Å². The predicted octanol–water partition coefficient (Wildman–Crippen LogP) is 9.86. The summed E-state index contributed by atoms with van der Waals surface area (Å²) < 4.78 is 43.1. The molecule has 1 saturated heterocycles. The van der Waals surface area contributed by atoms with Crippen LogP contribution in [0.2, 0.25) is 0 Å². The van der Waals surface area contributed by atoms with Gasteiger partial charge in [0.1, 0.15) is 29.4 Å². The topological polar surface area (TPSA) is 158 Å². The molecule has 0 aliphatic carbocycles. The SMILES string of the molecule is COc1ccc(C(OC[C@H]2O[C@@H](n3cnc4c(=O)[nH]c(NCc5ccc6ccccc6c5)nc43)C[C@@H]2OP(OCCC#N)N(C(C)C)C(C)C)(c2ccccc2)c2ccc(OC)cc2)cc1. The van der Waals surface area contributed by atoms with Crippen molar-refractivity contribution < 1.29 is 28.0 Å². The van der Waals surface area contributed by atoms with E-state index in [1.807, 2.05) is 78.9 Å². The number of rotatable bonds is 20. The number of aromatic nitrogens is 4. The van der Waals surface area contributed by atoms with Gasteiger partial charge in [-0.25, -0.2) is 9.65 Å². The van der Waals surface area contributed by atoms with Crippen LogP contribution in [0.15, 0.2) is 132 Å². The van der Waals surface area contributed by atoms with Crippen LogP contribution in [0.25, 0.3) is 21.9 Å². The summed E-state index contributed by atoms with van der Waals surface area (Å²) in [5, 5.41) is 15.1. The van der Waals surface area contributed by atoms with E-state index in [9.17, 15) is 10.1 Å². The molecule has 2 N–H and O–H groups in total. The van der Waals surface area contributed by atoms with Crippen LogP contribution in [0.4, 0.5) is 5.95 Å². The number of nitrogens with zero attached hydrogens (tertiary/aromatic N) is 5. The third-order valence-electron chi connectivity index (χ3n) is 11.7. The van der Waals surface area contributed by atoms with Crippen LogP contribution in [0.3, 0.4) is 0 Å². The molecule has 7 aromatic rings. The molecule has 0 saturated carbocycles. The van der Waals surface area contributed by atoms with E-state index in [2.05, 4.69) is 96.2 Å². The number of benzene rings is 5. The molecule has 15 heteroatoms. The Balaban J connectivity index is 1.17. The van der Waals surface area contributed by atoms with Gasteiger partial charge in [-0.05, 0) is 91.1 Å². The molecule has 0 amide bonds. The summed E-state index contributed by atoms with van der Waals surface area (Å²) in [5.74, 6) is 1.73. The average Bonchev–Trinajstić information content (AvgIpc) is 3.95. The summed E-state index contributed by atoms with van der Waals surface area (Å²) in [6, 6.07) is 42.6. The van der Waals surface area contributed by atoms with E-state index in [0.717, 1.165) is 33.0 Å². The average molecular weight is 910 g/mol. The highest BCUT2D eigenvalue weighted by Crippen LogP contribution is 2.51. The van der Waals surface area contributed by atoms with Crippen molar-refractivity contribution in [2.24, 2.45) is 0 Å². The highest BCUT2D eigenvalue weighted by Gasteiger charge is 2.45. The van der Waals surface area contributed by atoms with Gasteiger partial charge in [0.15, 0.2) is 11.2 Å². The normalized spacial score (nSPS) is 16.9. The first kappa shape index (κ1) is 46.4. The third kappa shape index (κ3) is 9.98. The Morgan fingerprint density at radius 2 is 1.52 bits per heavy atom. The van der Waals surface area contributed by atoms with E-state index in [-0.39, 0.29) is 42.8 Å². The minimum Gasteiger partial charge on any atom is -0.497 e. The van der Waals surface area contributed by atoms with Gasteiger partial charge in [-0.1, -0.05) is 91.0 Å². The van der Waals surface area contributed by atoms with E-state index < -0.39 is 32.6 Å². The Labute approximate surface area is 386 Å². The lowest BCUT2D eigenvalue weighted by Crippen LogP contribution is -2.39. The number of ether oxygens (including phenoxy) is 4. The van der Waals surface area contributed by atoms with Gasteiger partial charge in [0.25, 0.3) is 14.1 Å². The minimum absolute atomic E-state index is 0.0657. The van der Waals surface area contributed by atoms with Crippen LogP contribution >= 0.6 is 8.53 Å². The number of methoxy groups -OCH3 is 2. The number of H-pyrrole nitrogens is 1. The van der Waals surface area contributed by atoms with E-state index in [0.29, 0.717) is 36.1 Å². The Bertz CT molecular complexity index is 2740. The molecule has 342 valence electrons. The lowest BCUT2D eigenvalue weighted by molar-refractivity contribution is -0.0912. The van der Waals surface area contributed by atoms with Gasteiger partial charge < -0.3 is 33.3 Å². The molecule has 1 unspecified atom stereocenters. The van der Waals surface area contributed by atoms with Gasteiger partial charge in [0.2, 0.25) is 5.95 Å². The summed E-state index contributed by atoms with van der Waals surface area (Å²) in [5.41, 5.74) is 2.70. The van der Waals surface area contributed by atoms with Crippen molar-refractivity contribution in [3.05, 3.63) is 160 Å². The number of imidazole rings is 1. The number of fused-ring (bicyclic) bond motifs is 2. The van der Waals surface area contributed by atoms with Crippen LogP contribution in [-0.2, 0) is 30.7 Å². The number of nitrogens with one attached hydrogen (secondary N) is 2. The van der Waals surface area contributed by atoms with Crippen molar-refractivity contribution in [3.8, 4) is 17.6 Å². The maximum atomic E-state index is 13.6. The van der Waals surface area contributed by atoms with Gasteiger partial charge in [0.05, 0.1) is 52.4 Å². The maximum absolute atomic E-state index is 13.6. The quantitative estimate of drug-likeness (QED) is 0.0424. The van der Waals surface area contributed by atoms with Crippen molar-refractivity contribution in [2.45, 2.75) is 83.2 Å². The molecule has 4 atom stereocenters. The number of hydrogen-bond donors (Lipinski definition) is 2. The molecule has 8 rings (SSSR count). The fourth-order valence-corrected chi connectivity index (χ4v) is 10.3. The molecule has 5 aromatic carbocycles. The number of hydrogen-bond acceptors (Lipinski definition) is 12. The molecule has 3 heterocycles. The second-order valence-corrected chi connectivity index (χ2v) is 18.1. The minimum atomic E-state index is -1.68. The van der Waals surface area contributed by atoms with E-state index >= 15 is 0 Å². The van der Waals surface area contributed by atoms with Crippen molar-refractivity contribution >= 4 is 36.4 Å². The molecule has 0 spiro atoms. The Morgan fingerprint density at radius 1 is 0.879 bits per heavy atom. The highest BCUT2D eigenvalue weighted by atomic mass is 31.2. The lowest BCUT2D eigenvalue weighted by Gasteiger charge is -2.39. The van der Waals surface area contributed by atoms with Crippen LogP contribution in [0.5, 0.6) is 11.5 Å². The fourth-order valence-electron chi connectivity index (χ4n) is 8.58. The smallest absolute Gasteiger partial charge is 0.280 e. The summed E-state index contributed by atoms with van der Waals surface area (Å²) in [6.07, 6.45) is 0.256. The van der Waals surface area contributed by atoms with Gasteiger partial charge in [-0.2, -0.15) is 10.2 Å². The van der Waals surface area contributed by atoms with Gasteiger partial charge in [0, 0.05) is 25.0 Å². The highest BCUT2D eigenvalue weighted by molar-refractivity contribution is 7.44. The zero-order chi connectivity index (χ0) is 46.2. The van der Waals surface area contributed by atoms with Crippen LogP contribution in [-0.4, -0.2) is 75.9 Å². The largest absolute Gasteiger partial charge is 0.497 e. The molecule has 1 aliphatic heterocycles. The fraction of sp³-hybridized carbons (Fsp3) is 0.333. The lowest BCUT2D eigenvalue weighted by atomic mass is 9.80. The molecule has 0 bridgehead atoms. The molecule has 1 fully saturated rings. The van der Waals surface area contributed by atoms with Crippen LogP contribution in [0, 0.1) is 11.3 Å². The summed E-state index contributed by atoms with van der Waals surface area (Å²) in [7, 11) is 1.61. The summed E-state index contributed by atoms with van der Waals surface area (Å²) in [6.45, 7) is 9.12. The zero-order valence-corrected chi connectivity index (χ0v) is 39.0. The molecular formula is C51H56N7O7P. The third-order valence-corrected chi connectivity index (χ3v) is 13.9. The number of nitriles is 1. The van der Waals surface area contributed by atoms with Gasteiger partial charge in [-0.15, -0.1) is 0 Å². The molecule has 0 radical (unpaired) electrons. The molecule has 66 heavy (non-hydrogen) atoms. The first-order chi connectivity index (χ1) is 32.1. The van der Waals surface area contributed by atoms with Gasteiger partial charge in [-0.3, -0.25) is 14.3 Å². The Morgan fingerprint density at radius 3 is 2.15 bits per heavy atom. The zero-order valence-electron chi connectivity index (χ0n) is 38.1. The first-order valence-electron chi connectivity index (χ1n) is 22.2. The maximum Gasteiger partial charge on any atom is 0.280 e. The summed E-state index contributed by atoms with van der Waals surface area (Å²) >= 11 is 0. The van der Waals surface area contributed by atoms with Crippen molar-refractivity contribution in [2.75, 3.05) is 32.8 Å². The molecular weight excluding hydrogens is 854 g/mol. The van der Waals surface area contributed by atoms with Crippen molar-refractivity contribution in [3.63, 3.8) is 0 Å². The predicted molar refractivity (Wildman–Crippen MR) is 256 cm³/mol. The van der Waals surface area contributed by atoms with Gasteiger partial charge >= 0.3 is 0 Å². The number of aromatic amines is 1. The van der Waals surface area contributed by atoms with Crippen LogP contribution in [0.1, 0.15) is 69.0 Å². The molecule has 1 aliphatic rings. The second-order valence-electron chi connectivity index (χ2n) is 16.6. The first-order valence-corrected chi connectivity index (χ1v) is 23.3. The Kier molecular flexibility index (Phi) is 14.7. The summed E-state index contributed by atoms with van der Waals surface area (Å²) in [4.78, 5) is 25.8. The van der Waals surface area contributed by atoms with E-state index in [1.165, 1.54) is 0 Å². The molecule has 14 nitrogen and oxygen atoms in total. The monoisotopic (exact) mass is 909 g/mol. The van der Waals surface area contributed by atoms with Crippen LogP contribution < -0.4 is 20.3 Å². The van der Waals surface area contributed by atoms with E-state index in [1.54, 1.807) is 25.1 Å². The number of anilines is 1.